The first kappa shape index (κ1) is 22.8. The number of hydrogen-bond acceptors (Lipinski definition) is 2. The van der Waals surface area contributed by atoms with Crippen LogP contribution in [0.25, 0.3) is 93.6 Å². The van der Waals surface area contributed by atoms with E-state index in [9.17, 15) is 0 Å². The number of fused-ring (bicyclic) bond motifs is 14. The molecule has 2 aliphatic rings. The summed E-state index contributed by atoms with van der Waals surface area (Å²) in [4.78, 5) is 0. The fourth-order valence-electron chi connectivity index (χ4n) is 8.06. The molecular weight excluding hydrogens is 538 g/mol. The van der Waals surface area contributed by atoms with E-state index in [4.69, 9.17) is 9.15 Å². The van der Waals surface area contributed by atoms with Gasteiger partial charge in [-0.2, -0.15) is 0 Å². The van der Waals surface area contributed by atoms with E-state index in [0.717, 1.165) is 38.6 Å². The molecule has 204 valence electrons. The zero-order valence-electron chi connectivity index (χ0n) is 23.6. The van der Waals surface area contributed by atoms with Crippen molar-refractivity contribution in [3.63, 3.8) is 0 Å². The molecule has 0 bridgehead atoms. The number of hydrogen-bond donors (Lipinski definition) is 0. The standard InChI is InChI=1S/C41H23NO2/c1-4-13-33-30(10-1)40-35(21-18-28-25-9-3-6-15-37(25)44-41(28)40)42(33)34-20-19-31-38-26(11-7-12-29(34)38)27-17-16-23-24-8-2-5-14-36(24)43-22-32(23)39(27)31/h1-21H,22H2. The molecular formula is C41H23NO2. The number of ether oxygens (including phenoxy) is 1. The van der Waals surface area contributed by atoms with E-state index >= 15 is 0 Å². The lowest BCUT2D eigenvalue weighted by molar-refractivity contribution is 0.303. The van der Waals surface area contributed by atoms with Gasteiger partial charge in [-0.25, -0.2) is 0 Å². The maximum atomic E-state index is 6.55. The zero-order valence-corrected chi connectivity index (χ0v) is 23.6. The molecule has 0 fully saturated rings. The number of furan rings is 1. The van der Waals surface area contributed by atoms with E-state index in [0.29, 0.717) is 6.61 Å². The highest BCUT2D eigenvalue weighted by molar-refractivity contribution is 6.25. The topological polar surface area (TPSA) is 27.3 Å². The zero-order chi connectivity index (χ0) is 28.5. The summed E-state index contributed by atoms with van der Waals surface area (Å²) < 4.78 is 15.3. The van der Waals surface area contributed by atoms with Crippen molar-refractivity contribution in [1.29, 1.82) is 0 Å². The van der Waals surface area contributed by atoms with Crippen molar-refractivity contribution < 1.29 is 9.15 Å². The SMILES string of the molecule is c1ccc2c(c1)OCc1c-2ccc2c1-c1ccc(-n3c4ccccc4c4c5oc6ccccc6c5ccc43)c3cccc-2c13. The second-order valence-corrected chi connectivity index (χ2v) is 11.9. The Morgan fingerprint density at radius 3 is 2.23 bits per heavy atom. The lowest BCUT2D eigenvalue weighted by Crippen LogP contribution is -2.07. The Morgan fingerprint density at radius 1 is 0.477 bits per heavy atom. The molecule has 3 heterocycles. The molecule has 1 aliphatic carbocycles. The van der Waals surface area contributed by atoms with E-state index in [1.165, 1.54) is 66.3 Å². The van der Waals surface area contributed by atoms with E-state index < -0.39 is 0 Å². The maximum absolute atomic E-state index is 6.55. The molecule has 0 saturated heterocycles. The molecule has 0 unspecified atom stereocenters. The average Bonchev–Trinajstić information content (AvgIpc) is 3.74. The molecule has 7 aromatic carbocycles. The van der Waals surface area contributed by atoms with E-state index in [1.54, 1.807) is 0 Å². The molecule has 0 N–H and O–H groups in total. The molecule has 1 aliphatic heterocycles. The Morgan fingerprint density at radius 2 is 1.25 bits per heavy atom. The predicted octanol–water partition coefficient (Wildman–Crippen LogP) is 11.0. The predicted molar refractivity (Wildman–Crippen MR) is 180 cm³/mol. The van der Waals surface area contributed by atoms with Gasteiger partial charge in [0.2, 0.25) is 0 Å². The summed E-state index contributed by atoms with van der Waals surface area (Å²) in [7, 11) is 0. The van der Waals surface area contributed by atoms with Crippen LogP contribution in [-0.4, -0.2) is 4.57 Å². The summed E-state index contributed by atoms with van der Waals surface area (Å²) in [6.07, 6.45) is 0. The second-order valence-electron chi connectivity index (χ2n) is 11.9. The number of nitrogens with zero attached hydrogens (tertiary/aromatic N) is 1. The van der Waals surface area contributed by atoms with Crippen molar-refractivity contribution >= 4 is 54.5 Å². The van der Waals surface area contributed by atoms with Crippen LogP contribution in [0.1, 0.15) is 5.56 Å². The van der Waals surface area contributed by atoms with Crippen LogP contribution in [0.3, 0.4) is 0 Å². The van der Waals surface area contributed by atoms with Crippen LogP contribution in [0.5, 0.6) is 5.75 Å². The largest absolute Gasteiger partial charge is 0.488 e. The fourth-order valence-corrected chi connectivity index (χ4v) is 8.06. The lowest BCUT2D eigenvalue weighted by atomic mass is 9.89. The van der Waals surface area contributed by atoms with Crippen LogP contribution in [0.2, 0.25) is 0 Å². The van der Waals surface area contributed by atoms with Crippen molar-refractivity contribution in [3.05, 3.63) is 133 Å². The minimum atomic E-state index is 0.577. The van der Waals surface area contributed by atoms with Crippen molar-refractivity contribution in [2.75, 3.05) is 0 Å². The average molecular weight is 562 g/mol. The molecule has 0 atom stereocenters. The number of rotatable bonds is 1. The maximum Gasteiger partial charge on any atom is 0.145 e. The third kappa shape index (κ3) is 2.69. The van der Waals surface area contributed by atoms with Gasteiger partial charge >= 0.3 is 0 Å². The molecule has 3 nitrogen and oxygen atoms in total. The molecule has 3 heteroatoms. The molecule has 2 aromatic heterocycles. The summed E-state index contributed by atoms with van der Waals surface area (Å²) in [6.45, 7) is 0.577. The van der Waals surface area contributed by atoms with Gasteiger partial charge in [-0.3, -0.25) is 0 Å². The Kier molecular flexibility index (Phi) is 4.12. The third-order valence-electron chi connectivity index (χ3n) is 9.86. The van der Waals surface area contributed by atoms with Gasteiger partial charge in [-0.05, 0) is 69.6 Å². The van der Waals surface area contributed by atoms with Gasteiger partial charge in [0.05, 0.1) is 22.1 Å². The quantitative estimate of drug-likeness (QED) is 0.199. The van der Waals surface area contributed by atoms with Crippen molar-refractivity contribution in [2.24, 2.45) is 0 Å². The van der Waals surface area contributed by atoms with Crippen LogP contribution >= 0.6 is 0 Å². The van der Waals surface area contributed by atoms with Crippen molar-refractivity contribution in [1.82, 2.24) is 4.57 Å². The minimum Gasteiger partial charge on any atom is -0.488 e. The van der Waals surface area contributed by atoms with E-state index in [1.807, 2.05) is 12.1 Å². The molecule has 9 aromatic rings. The molecule has 44 heavy (non-hydrogen) atoms. The van der Waals surface area contributed by atoms with Gasteiger partial charge in [0.15, 0.2) is 0 Å². The van der Waals surface area contributed by atoms with Crippen LogP contribution in [0.15, 0.2) is 132 Å². The molecule has 0 radical (unpaired) electrons. The van der Waals surface area contributed by atoms with Crippen LogP contribution in [-0.2, 0) is 6.61 Å². The van der Waals surface area contributed by atoms with Gasteiger partial charge < -0.3 is 13.7 Å². The summed E-state index contributed by atoms with van der Waals surface area (Å²) in [5, 5.41) is 7.21. The monoisotopic (exact) mass is 561 g/mol. The normalized spacial score (nSPS) is 13.1. The first-order chi connectivity index (χ1) is 21.8. The third-order valence-corrected chi connectivity index (χ3v) is 9.86. The molecule has 0 spiro atoms. The van der Waals surface area contributed by atoms with Gasteiger partial charge in [0.25, 0.3) is 0 Å². The van der Waals surface area contributed by atoms with Crippen LogP contribution < -0.4 is 4.74 Å². The molecule has 0 saturated carbocycles. The molecule has 11 rings (SSSR count). The Labute approximate surface area is 252 Å². The van der Waals surface area contributed by atoms with Crippen molar-refractivity contribution in [3.8, 4) is 44.8 Å². The summed E-state index contributed by atoms with van der Waals surface area (Å²) >= 11 is 0. The molecule has 0 amide bonds. The summed E-state index contributed by atoms with van der Waals surface area (Å²) in [5.41, 5.74) is 14.3. The number of para-hydroxylation sites is 3. The van der Waals surface area contributed by atoms with E-state index in [2.05, 4.69) is 120 Å². The van der Waals surface area contributed by atoms with Crippen LogP contribution in [0.4, 0.5) is 0 Å². The lowest BCUT2D eigenvalue weighted by Gasteiger charge is -2.23. The fraction of sp³-hybridized carbons (Fsp3) is 0.0244. The first-order valence-electron chi connectivity index (χ1n) is 15.1. The number of benzene rings is 7. The second kappa shape index (κ2) is 7.97. The Balaban J connectivity index is 1.22. The Hall–Kier alpha value is -5.80. The number of aromatic nitrogens is 1. The van der Waals surface area contributed by atoms with Gasteiger partial charge in [-0.1, -0.05) is 91.0 Å². The Bertz CT molecular complexity index is 2720. The van der Waals surface area contributed by atoms with Crippen molar-refractivity contribution in [2.45, 2.75) is 6.61 Å². The van der Waals surface area contributed by atoms with Gasteiger partial charge in [0, 0.05) is 32.7 Å². The highest BCUT2D eigenvalue weighted by atomic mass is 16.5. The van der Waals surface area contributed by atoms with Gasteiger partial charge in [-0.15, -0.1) is 0 Å². The van der Waals surface area contributed by atoms with Gasteiger partial charge in [0.1, 0.15) is 23.5 Å². The van der Waals surface area contributed by atoms with Crippen LogP contribution in [0, 0.1) is 0 Å². The first-order valence-corrected chi connectivity index (χ1v) is 15.1. The highest BCUT2D eigenvalue weighted by Gasteiger charge is 2.30. The highest BCUT2D eigenvalue weighted by Crippen LogP contribution is 2.54. The summed E-state index contributed by atoms with van der Waals surface area (Å²) in [5.74, 6) is 0.959. The van der Waals surface area contributed by atoms with E-state index in [-0.39, 0.29) is 0 Å². The summed E-state index contributed by atoms with van der Waals surface area (Å²) in [6, 6.07) is 45.9. The smallest absolute Gasteiger partial charge is 0.145 e. The minimum absolute atomic E-state index is 0.577.